The van der Waals surface area contributed by atoms with Crippen LogP contribution in [0.5, 0.6) is 0 Å². The van der Waals surface area contributed by atoms with E-state index in [-0.39, 0.29) is 26.2 Å². The number of hydrazine groups is 2. The van der Waals surface area contributed by atoms with Crippen LogP contribution in [0.4, 0.5) is 9.59 Å². The first-order valence-corrected chi connectivity index (χ1v) is 21.8. The van der Waals surface area contributed by atoms with Crippen LogP contribution < -0.4 is 10.9 Å². The number of hydrogen-bond donors (Lipinski definition) is 5. The number of ketones is 1. The molecule has 0 unspecified atom stereocenters. The zero-order valence-corrected chi connectivity index (χ0v) is 39.6. The van der Waals surface area contributed by atoms with Crippen molar-refractivity contribution in [3.63, 3.8) is 0 Å². The number of hydrogen-bond acceptors (Lipinski definition) is 12. The number of halogens is 2. The lowest BCUT2D eigenvalue weighted by Gasteiger charge is -2.27. The van der Waals surface area contributed by atoms with Gasteiger partial charge >= 0.3 is 24.1 Å². The molecule has 2 atom stereocenters. The highest BCUT2D eigenvalue weighted by Crippen LogP contribution is 2.25. The maximum atomic E-state index is 12.4. The number of amides is 2. The number of ether oxygens (including phenoxy) is 3. The molecule has 0 saturated heterocycles. The maximum absolute atomic E-state index is 12.4. The van der Waals surface area contributed by atoms with Gasteiger partial charge in [0.2, 0.25) is 0 Å². The Morgan fingerprint density at radius 1 is 0.567 bits per heavy atom. The molecule has 2 amide bonds. The SMILES string of the molecule is CC(C)(C)OC(=O)NN(Cc1ccc(-c2cccc(Cl)c2)cc1)C[C@@H](O)C(=O)O.CC(C)(C)OC(=O)NN(Cc1ccc(-c2cccc(Cl)c2)cc1)C[C@@H](O)C(=O)OCC(=O)c1ccccc1. The molecule has 0 aromatic heterocycles. The minimum absolute atomic E-state index is 0.155. The molecule has 0 bridgehead atoms. The highest BCUT2D eigenvalue weighted by Gasteiger charge is 2.26. The Bertz CT molecular complexity index is 2420. The summed E-state index contributed by atoms with van der Waals surface area (Å²) in [5.74, 6) is -2.76. The summed E-state index contributed by atoms with van der Waals surface area (Å²) in [5.41, 5.74) is 9.45. The van der Waals surface area contributed by atoms with E-state index in [2.05, 4.69) is 10.9 Å². The lowest BCUT2D eigenvalue weighted by molar-refractivity contribution is -0.154. The van der Waals surface area contributed by atoms with Gasteiger partial charge in [-0.25, -0.2) is 29.2 Å². The first-order chi connectivity index (χ1) is 31.5. The second-order valence-corrected chi connectivity index (χ2v) is 18.0. The molecule has 5 aromatic carbocycles. The van der Waals surface area contributed by atoms with Crippen LogP contribution in [0.2, 0.25) is 10.0 Å². The van der Waals surface area contributed by atoms with Crippen LogP contribution in [0.1, 0.15) is 63.0 Å². The van der Waals surface area contributed by atoms with Crippen LogP contribution in [-0.4, -0.2) is 98.4 Å². The molecule has 0 saturated carbocycles. The number of aliphatic hydroxyl groups excluding tert-OH is 2. The van der Waals surface area contributed by atoms with Crippen molar-refractivity contribution in [2.75, 3.05) is 19.7 Å². The van der Waals surface area contributed by atoms with Gasteiger partial charge < -0.3 is 29.5 Å². The first kappa shape index (κ1) is 53.3. The highest BCUT2D eigenvalue weighted by molar-refractivity contribution is 6.31. The maximum Gasteiger partial charge on any atom is 0.422 e. The third kappa shape index (κ3) is 19.6. The summed E-state index contributed by atoms with van der Waals surface area (Å²) in [7, 11) is 0. The molecule has 5 N–H and O–H groups in total. The normalized spacial score (nSPS) is 12.2. The van der Waals surface area contributed by atoms with E-state index in [9.17, 15) is 34.2 Å². The Kier molecular flexibility index (Phi) is 19.9. The molecule has 0 aliphatic carbocycles. The summed E-state index contributed by atoms with van der Waals surface area (Å²) >= 11 is 12.1. The minimum atomic E-state index is -1.66. The number of esters is 1. The van der Waals surface area contributed by atoms with Crippen LogP contribution in [0.3, 0.4) is 0 Å². The Hall–Kier alpha value is -6.33. The van der Waals surface area contributed by atoms with Gasteiger partial charge in [-0.1, -0.05) is 126 Å². The van der Waals surface area contributed by atoms with Crippen molar-refractivity contribution >= 4 is 53.1 Å². The smallest absolute Gasteiger partial charge is 0.422 e. The number of carbonyl (C=O) groups excluding carboxylic acids is 4. The molecule has 5 aromatic rings. The first-order valence-electron chi connectivity index (χ1n) is 21.1. The summed E-state index contributed by atoms with van der Waals surface area (Å²) in [6.07, 6.45) is -4.76. The van der Waals surface area contributed by atoms with E-state index in [0.717, 1.165) is 33.4 Å². The summed E-state index contributed by atoms with van der Waals surface area (Å²) in [5, 5.41) is 33.1. The fourth-order valence-corrected chi connectivity index (χ4v) is 6.43. The lowest BCUT2D eigenvalue weighted by atomic mass is 10.0. The van der Waals surface area contributed by atoms with E-state index in [4.69, 9.17) is 42.5 Å². The Labute approximate surface area is 400 Å². The van der Waals surface area contributed by atoms with E-state index < -0.39 is 59.9 Å². The van der Waals surface area contributed by atoms with Crippen LogP contribution in [0.25, 0.3) is 22.3 Å². The topological polar surface area (TPSA) is 204 Å². The number of carbonyl (C=O) groups is 5. The van der Waals surface area contributed by atoms with Gasteiger partial charge in [0.15, 0.2) is 24.6 Å². The number of nitrogens with zero attached hydrogens (tertiary/aromatic N) is 2. The standard InChI is InChI=1S/C29H31ClN2O6.C21H25ClN2O5/c1-29(2,3)38-28(36)31-32(17-20-12-14-21(15-13-20)23-10-7-11-24(30)16-23)18-25(33)27(35)37-19-26(34)22-8-5-4-6-9-22;1-21(2,3)29-20(28)23-24(13-18(25)19(26)27)12-14-7-9-15(10-8-14)16-5-4-6-17(22)11-16/h4-16,25,33H,17-19H2,1-3H3,(H,31,36);4-11,18,25H,12-13H2,1-3H3,(H,23,28)(H,26,27)/t25-;18-/m11/s1. The molecule has 0 spiro atoms. The van der Waals surface area contributed by atoms with Crippen molar-refractivity contribution < 1.29 is 53.5 Å². The number of carboxylic acid groups (broad SMARTS) is 1. The molecule has 15 nitrogen and oxygen atoms in total. The van der Waals surface area contributed by atoms with Crippen molar-refractivity contribution in [1.29, 1.82) is 0 Å². The zero-order valence-electron chi connectivity index (χ0n) is 38.1. The molecule has 0 heterocycles. The van der Waals surface area contributed by atoms with E-state index in [0.29, 0.717) is 15.6 Å². The number of aliphatic hydroxyl groups is 2. The van der Waals surface area contributed by atoms with E-state index >= 15 is 0 Å². The summed E-state index contributed by atoms with van der Waals surface area (Å²) in [6, 6.07) is 38.4. The van der Waals surface area contributed by atoms with E-state index in [1.165, 1.54) is 10.0 Å². The van der Waals surface area contributed by atoms with Crippen molar-refractivity contribution in [2.45, 2.75) is 78.0 Å². The Balaban J connectivity index is 0.000000304. The third-order valence-corrected chi connectivity index (χ3v) is 9.52. The van der Waals surface area contributed by atoms with E-state index in [1.54, 1.807) is 84.0 Å². The van der Waals surface area contributed by atoms with Crippen LogP contribution >= 0.6 is 23.2 Å². The number of benzene rings is 5. The average Bonchev–Trinajstić information content (AvgIpc) is 3.25. The van der Waals surface area contributed by atoms with Gasteiger partial charge in [0, 0.05) is 28.7 Å². The molecule has 0 aliphatic rings. The number of rotatable bonds is 17. The number of nitrogens with one attached hydrogen (secondary N) is 2. The molecule has 356 valence electrons. The van der Waals surface area contributed by atoms with Crippen molar-refractivity contribution in [3.05, 3.63) is 154 Å². The Morgan fingerprint density at radius 3 is 1.37 bits per heavy atom. The molecular formula is C50H56Cl2N4O11. The lowest BCUT2D eigenvalue weighted by Crippen LogP contribution is -2.49. The van der Waals surface area contributed by atoms with Gasteiger partial charge in [-0.05, 0) is 99.2 Å². The van der Waals surface area contributed by atoms with Crippen molar-refractivity contribution in [3.8, 4) is 22.3 Å². The highest BCUT2D eigenvalue weighted by atomic mass is 35.5. The van der Waals surface area contributed by atoms with Crippen molar-refractivity contribution in [2.24, 2.45) is 0 Å². The average molecular weight is 960 g/mol. The summed E-state index contributed by atoms with van der Waals surface area (Å²) < 4.78 is 15.5. The quantitative estimate of drug-likeness (QED) is 0.0256. The predicted molar refractivity (Wildman–Crippen MR) is 255 cm³/mol. The molecule has 17 heteroatoms. The molecule has 5 rings (SSSR count). The molecule has 0 aliphatic heterocycles. The zero-order chi connectivity index (χ0) is 49.3. The second-order valence-electron chi connectivity index (χ2n) is 17.2. The molecule has 0 fully saturated rings. The van der Waals surface area contributed by atoms with Gasteiger partial charge in [-0.2, -0.15) is 0 Å². The van der Waals surface area contributed by atoms with Crippen LogP contribution in [-0.2, 0) is 36.9 Å². The fraction of sp³-hybridized carbons (Fsp3) is 0.300. The Morgan fingerprint density at radius 2 is 0.985 bits per heavy atom. The molecule has 0 radical (unpaired) electrons. The monoisotopic (exact) mass is 958 g/mol. The summed E-state index contributed by atoms with van der Waals surface area (Å²) in [4.78, 5) is 60.1. The minimum Gasteiger partial charge on any atom is -0.479 e. The van der Waals surface area contributed by atoms with Gasteiger partial charge in [0.25, 0.3) is 0 Å². The van der Waals surface area contributed by atoms with Gasteiger partial charge in [-0.3, -0.25) is 15.6 Å². The fourth-order valence-electron chi connectivity index (χ4n) is 6.05. The number of aliphatic carboxylic acids is 1. The van der Waals surface area contributed by atoms with Crippen molar-refractivity contribution in [1.82, 2.24) is 20.9 Å². The molecular weight excluding hydrogens is 903 g/mol. The predicted octanol–water partition coefficient (Wildman–Crippen LogP) is 8.73. The van der Waals surface area contributed by atoms with Gasteiger partial charge in [-0.15, -0.1) is 0 Å². The van der Waals surface area contributed by atoms with Gasteiger partial charge in [0.05, 0.1) is 13.1 Å². The van der Waals surface area contributed by atoms with E-state index in [1.807, 2.05) is 84.9 Å². The third-order valence-electron chi connectivity index (χ3n) is 9.05. The summed E-state index contributed by atoms with van der Waals surface area (Å²) in [6.45, 7) is 9.56. The second kappa shape index (κ2) is 25.0. The number of Topliss-reactive ketones (excluding diaryl/α,β-unsaturated/α-hetero) is 1. The van der Waals surface area contributed by atoms with Crippen LogP contribution in [0.15, 0.2) is 127 Å². The molecule has 67 heavy (non-hydrogen) atoms. The van der Waals surface area contributed by atoms with Gasteiger partial charge in [0.1, 0.15) is 11.2 Å². The van der Waals surface area contributed by atoms with Crippen LogP contribution in [0, 0.1) is 0 Å². The largest absolute Gasteiger partial charge is 0.479 e. The number of carboxylic acids is 1.